The lowest BCUT2D eigenvalue weighted by atomic mass is 9.99. The van der Waals surface area contributed by atoms with Crippen LogP contribution in [0.3, 0.4) is 0 Å². The standard InChI is InChI=1S/C22H25FN4O2/c1-13-11-27-19-15(20(13)28)17(24)16(23)18(21(19)29-12-22(27,2)3)26-9-5-7-14-6-4-8-25-10-14/h4,6,8,10-11,26H,5,7,9,12,24H2,1-3H3. The second-order valence-electron chi connectivity index (χ2n) is 8.16. The van der Waals surface area contributed by atoms with E-state index in [2.05, 4.69) is 10.3 Å². The Kier molecular flexibility index (Phi) is 4.68. The molecule has 2 aromatic heterocycles. The fourth-order valence-electron chi connectivity index (χ4n) is 3.82. The minimum absolute atomic E-state index is 0.137. The number of hydrogen-bond donors (Lipinski definition) is 2. The lowest BCUT2D eigenvalue weighted by Crippen LogP contribution is -2.38. The van der Waals surface area contributed by atoms with Gasteiger partial charge in [0, 0.05) is 30.7 Å². The first kappa shape index (κ1) is 19.2. The molecule has 1 aliphatic heterocycles. The lowest BCUT2D eigenvalue weighted by Gasteiger charge is -2.36. The van der Waals surface area contributed by atoms with Gasteiger partial charge in [-0.05, 0) is 45.2 Å². The number of ether oxygens (including phenoxy) is 1. The quantitative estimate of drug-likeness (QED) is 0.509. The van der Waals surface area contributed by atoms with Crippen LogP contribution in [0, 0.1) is 12.7 Å². The van der Waals surface area contributed by atoms with E-state index in [1.165, 1.54) is 0 Å². The fourth-order valence-corrected chi connectivity index (χ4v) is 3.82. The molecule has 0 saturated heterocycles. The Morgan fingerprint density at radius 3 is 2.93 bits per heavy atom. The molecule has 6 nitrogen and oxygen atoms in total. The van der Waals surface area contributed by atoms with E-state index in [9.17, 15) is 4.79 Å². The number of benzene rings is 1. The van der Waals surface area contributed by atoms with Crippen molar-refractivity contribution in [3.05, 3.63) is 57.9 Å². The summed E-state index contributed by atoms with van der Waals surface area (Å²) in [6, 6.07) is 3.91. The van der Waals surface area contributed by atoms with Gasteiger partial charge in [0.1, 0.15) is 12.3 Å². The number of pyridine rings is 2. The second-order valence-corrected chi connectivity index (χ2v) is 8.16. The summed E-state index contributed by atoms with van der Waals surface area (Å²) in [6.45, 7) is 6.65. The normalized spacial score (nSPS) is 14.6. The van der Waals surface area contributed by atoms with Gasteiger partial charge in [0.05, 0.1) is 22.1 Å². The predicted octanol–water partition coefficient (Wildman–Crippen LogP) is 3.60. The zero-order valence-corrected chi connectivity index (χ0v) is 16.9. The van der Waals surface area contributed by atoms with Gasteiger partial charge in [-0.25, -0.2) is 4.39 Å². The highest BCUT2D eigenvalue weighted by atomic mass is 19.1. The molecule has 0 radical (unpaired) electrons. The highest BCUT2D eigenvalue weighted by molar-refractivity contribution is 6.00. The molecule has 7 heteroatoms. The number of nitrogens with one attached hydrogen (secondary N) is 1. The van der Waals surface area contributed by atoms with Crippen LogP contribution in [0.1, 0.15) is 31.4 Å². The average Bonchev–Trinajstić information content (AvgIpc) is 2.70. The van der Waals surface area contributed by atoms with E-state index in [-0.39, 0.29) is 27.7 Å². The number of rotatable bonds is 5. The molecule has 0 unspecified atom stereocenters. The van der Waals surface area contributed by atoms with E-state index in [1.807, 2.05) is 36.7 Å². The van der Waals surface area contributed by atoms with Crippen LogP contribution in [-0.2, 0) is 12.0 Å². The minimum Gasteiger partial charge on any atom is -0.487 e. The van der Waals surface area contributed by atoms with Crippen LogP contribution in [0.4, 0.5) is 15.8 Å². The van der Waals surface area contributed by atoms with Gasteiger partial charge in [-0.15, -0.1) is 0 Å². The molecule has 0 amide bonds. The number of aromatic nitrogens is 2. The first-order valence-electron chi connectivity index (χ1n) is 9.74. The van der Waals surface area contributed by atoms with E-state index < -0.39 is 5.82 Å². The van der Waals surface area contributed by atoms with Crippen molar-refractivity contribution in [3.8, 4) is 5.75 Å². The van der Waals surface area contributed by atoms with Crippen LogP contribution < -0.4 is 21.2 Å². The minimum atomic E-state index is -0.636. The topological polar surface area (TPSA) is 82.2 Å². The predicted molar refractivity (Wildman–Crippen MR) is 113 cm³/mol. The van der Waals surface area contributed by atoms with E-state index >= 15 is 4.39 Å². The number of hydrogen-bond acceptors (Lipinski definition) is 5. The maximum Gasteiger partial charge on any atom is 0.194 e. The van der Waals surface area contributed by atoms with Crippen molar-refractivity contribution in [1.29, 1.82) is 0 Å². The molecule has 0 spiro atoms. The van der Waals surface area contributed by atoms with E-state index in [4.69, 9.17) is 10.5 Å². The number of nitrogens with two attached hydrogens (primary N) is 1. The molecule has 0 atom stereocenters. The Balaban J connectivity index is 1.74. The van der Waals surface area contributed by atoms with Gasteiger partial charge < -0.3 is 20.4 Å². The molecule has 3 aromatic rings. The maximum atomic E-state index is 15.2. The number of nitrogens with zero attached hydrogens (tertiary/aromatic N) is 2. The van der Waals surface area contributed by atoms with Gasteiger partial charge in [-0.1, -0.05) is 6.07 Å². The van der Waals surface area contributed by atoms with Gasteiger partial charge in [0.2, 0.25) is 0 Å². The Morgan fingerprint density at radius 1 is 1.41 bits per heavy atom. The van der Waals surface area contributed by atoms with Gasteiger partial charge >= 0.3 is 0 Å². The first-order valence-corrected chi connectivity index (χ1v) is 9.74. The van der Waals surface area contributed by atoms with Crippen molar-refractivity contribution in [1.82, 2.24) is 9.55 Å². The summed E-state index contributed by atoms with van der Waals surface area (Å²) in [7, 11) is 0. The number of anilines is 2. The summed E-state index contributed by atoms with van der Waals surface area (Å²) in [5.41, 5.74) is 7.73. The number of aryl methyl sites for hydroxylation is 2. The summed E-state index contributed by atoms with van der Waals surface area (Å²) < 4.78 is 23.1. The van der Waals surface area contributed by atoms with Crippen LogP contribution in [0.15, 0.2) is 35.5 Å². The van der Waals surface area contributed by atoms with Crippen LogP contribution in [0.25, 0.3) is 10.9 Å². The zero-order chi connectivity index (χ0) is 20.8. The largest absolute Gasteiger partial charge is 0.487 e. The third-order valence-corrected chi connectivity index (χ3v) is 5.44. The van der Waals surface area contributed by atoms with Crippen molar-refractivity contribution in [3.63, 3.8) is 0 Å². The van der Waals surface area contributed by atoms with Crippen molar-refractivity contribution < 1.29 is 9.13 Å². The Morgan fingerprint density at radius 2 is 2.21 bits per heavy atom. The average molecular weight is 396 g/mol. The summed E-state index contributed by atoms with van der Waals surface area (Å²) in [6.07, 6.45) is 6.97. The van der Waals surface area contributed by atoms with E-state index in [1.54, 1.807) is 19.3 Å². The molecule has 29 heavy (non-hydrogen) atoms. The molecule has 0 aliphatic carbocycles. The molecule has 4 rings (SSSR count). The summed E-state index contributed by atoms with van der Waals surface area (Å²) in [5, 5.41) is 3.33. The third kappa shape index (κ3) is 3.20. The Labute approximate surface area is 168 Å². The smallest absolute Gasteiger partial charge is 0.194 e. The van der Waals surface area contributed by atoms with Crippen molar-refractivity contribution in [2.75, 3.05) is 24.2 Å². The van der Waals surface area contributed by atoms with Gasteiger partial charge in [0.25, 0.3) is 0 Å². The van der Waals surface area contributed by atoms with Crippen molar-refractivity contribution >= 4 is 22.3 Å². The molecule has 3 N–H and O–H groups in total. The molecular weight excluding hydrogens is 371 g/mol. The van der Waals surface area contributed by atoms with Crippen molar-refractivity contribution in [2.24, 2.45) is 0 Å². The van der Waals surface area contributed by atoms with Gasteiger partial charge in [0.15, 0.2) is 17.0 Å². The molecule has 0 saturated carbocycles. The SMILES string of the molecule is Cc1cn2c3c(c(NCCCc4cccnc4)c(F)c(N)c3c1=O)OCC2(C)C. The molecule has 1 aromatic carbocycles. The van der Waals surface area contributed by atoms with Gasteiger partial charge in [-0.2, -0.15) is 0 Å². The van der Waals surface area contributed by atoms with Crippen LogP contribution >= 0.6 is 0 Å². The Bertz CT molecular complexity index is 1140. The fraction of sp³-hybridized carbons (Fsp3) is 0.364. The first-order chi connectivity index (χ1) is 13.8. The highest BCUT2D eigenvalue weighted by Crippen LogP contribution is 2.44. The van der Waals surface area contributed by atoms with Crippen molar-refractivity contribution in [2.45, 2.75) is 39.2 Å². The summed E-state index contributed by atoms with van der Waals surface area (Å²) in [5.74, 6) is -0.285. The molecular formula is C22H25FN4O2. The molecule has 1 aliphatic rings. The van der Waals surface area contributed by atoms with Crippen LogP contribution in [0.5, 0.6) is 5.75 Å². The number of nitrogen functional groups attached to an aromatic ring is 1. The van der Waals surface area contributed by atoms with E-state index in [0.29, 0.717) is 30.0 Å². The number of halogens is 1. The Hall–Kier alpha value is -3.09. The van der Waals surface area contributed by atoms with Crippen LogP contribution in [-0.4, -0.2) is 22.7 Å². The van der Waals surface area contributed by atoms with Gasteiger partial charge in [-0.3, -0.25) is 9.78 Å². The highest BCUT2D eigenvalue weighted by Gasteiger charge is 2.34. The summed E-state index contributed by atoms with van der Waals surface area (Å²) >= 11 is 0. The third-order valence-electron chi connectivity index (χ3n) is 5.44. The summed E-state index contributed by atoms with van der Waals surface area (Å²) in [4.78, 5) is 16.8. The van der Waals surface area contributed by atoms with E-state index in [0.717, 1.165) is 18.4 Å². The lowest BCUT2D eigenvalue weighted by molar-refractivity contribution is 0.171. The second kappa shape index (κ2) is 7.06. The molecule has 0 bridgehead atoms. The molecule has 0 fully saturated rings. The maximum absolute atomic E-state index is 15.2. The van der Waals surface area contributed by atoms with Crippen LogP contribution in [0.2, 0.25) is 0 Å². The molecule has 152 valence electrons. The monoisotopic (exact) mass is 396 g/mol. The molecule has 3 heterocycles. The zero-order valence-electron chi connectivity index (χ0n) is 16.9.